The van der Waals surface area contributed by atoms with Gasteiger partial charge >= 0.3 is 0 Å². The van der Waals surface area contributed by atoms with Crippen molar-refractivity contribution in [2.24, 2.45) is 5.92 Å². The summed E-state index contributed by atoms with van der Waals surface area (Å²) in [5.41, 5.74) is 3.17. The lowest BCUT2D eigenvalue weighted by Crippen LogP contribution is -2.48. The number of methoxy groups -OCH3 is 2. The van der Waals surface area contributed by atoms with E-state index in [1.165, 1.54) is 19.3 Å². The van der Waals surface area contributed by atoms with Gasteiger partial charge in [0.05, 0.1) is 14.2 Å². The Bertz CT molecular complexity index is 1220. The van der Waals surface area contributed by atoms with Gasteiger partial charge in [0.15, 0.2) is 0 Å². The first-order valence-corrected chi connectivity index (χ1v) is 13.8. The van der Waals surface area contributed by atoms with Gasteiger partial charge in [-0.2, -0.15) is 0 Å². The molecule has 0 spiro atoms. The molecule has 0 heterocycles. The lowest BCUT2D eigenvalue weighted by molar-refractivity contribution is -0.123. The summed E-state index contributed by atoms with van der Waals surface area (Å²) < 4.78 is 10.6. The van der Waals surface area contributed by atoms with Gasteiger partial charge in [-0.1, -0.05) is 62.4 Å². The molecule has 3 N–H and O–H groups in total. The van der Waals surface area contributed by atoms with Gasteiger partial charge in [-0.3, -0.25) is 9.59 Å². The minimum Gasteiger partial charge on any atom is -0.497 e. The number of carbonyl (C=O) groups excluding carboxylic acids is 2. The quantitative estimate of drug-likeness (QED) is 0.263. The van der Waals surface area contributed by atoms with Crippen molar-refractivity contribution in [3.63, 3.8) is 0 Å². The third-order valence-electron chi connectivity index (χ3n) is 7.31. The molecule has 0 radical (unpaired) electrons. The van der Waals surface area contributed by atoms with E-state index >= 15 is 0 Å². The van der Waals surface area contributed by atoms with Crippen LogP contribution < -0.4 is 25.4 Å². The second-order valence-electron chi connectivity index (χ2n) is 9.99. The average molecular weight is 530 g/mol. The van der Waals surface area contributed by atoms with Gasteiger partial charge in [-0.05, 0) is 65.9 Å². The van der Waals surface area contributed by atoms with Crippen molar-refractivity contribution in [3.8, 4) is 22.6 Å². The van der Waals surface area contributed by atoms with E-state index in [-0.39, 0.29) is 11.8 Å². The summed E-state index contributed by atoms with van der Waals surface area (Å²) in [6.07, 6.45) is 6.43. The first kappa shape index (κ1) is 28.0. The van der Waals surface area contributed by atoms with Crippen molar-refractivity contribution in [3.05, 3.63) is 78.4 Å². The summed E-state index contributed by atoms with van der Waals surface area (Å²) in [6, 6.07) is 22.2. The monoisotopic (exact) mass is 529 g/mol. The van der Waals surface area contributed by atoms with Crippen molar-refractivity contribution in [1.82, 2.24) is 10.6 Å². The minimum atomic E-state index is -0.597. The lowest BCUT2D eigenvalue weighted by atomic mass is 9.84. The van der Waals surface area contributed by atoms with Gasteiger partial charge in [0.1, 0.15) is 17.5 Å². The van der Waals surface area contributed by atoms with E-state index in [1.807, 2.05) is 66.7 Å². The number of anilines is 1. The van der Waals surface area contributed by atoms with Gasteiger partial charge in [0.2, 0.25) is 5.91 Å². The Morgan fingerprint density at radius 3 is 2.33 bits per heavy atom. The number of benzene rings is 3. The molecule has 3 aromatic carbocycles. The summed E-state index contributed by atoms with van der Waals surface area (Å²) in [5.74, 6) is 1.55. The minimum absolute atomic E-state index is 0.149. The van der Waals surface area contributed by atoms with Crippen LogP contribution in [0.2, 0.25) is 0 Å². The van der Waals surface area contributed by atoms with Crippen molar-refractivity contribution in [1.29, 1.82) is 0 Å². The van der Waals surface area contributed by atoms with E-state index in [4.69, 9.17) is 9.47 Å². The maximum atomic E-state index is 13.6. The molecule has 0 bridgehead atoms. The SMILES string of the molecule is COc1ccc(NCCNC(=O)[C@H](CC2CCCCC2)NC(=O)c2ccccc2-c2cccc(OC)c2)cc1. The molecule has 1 atom stereocenters. The van der Waals surface area contributed by atoms with Crippen molar-refractivity contribution in [2.75, 3.05) is 32.6 Å². The Balaban J connectivity index is 1.42. The second-order valence-corrected chi connectivity index (χ2v) is 9.99. The Kier molecular flexibility index (Phi) is 10.2. The highest BCUT2D eigenvalue weighted by Gasteiger charge is 2.27. The number of ether oxygens (including phenoxy) is 2. The number of amides is 2. The third-order valence-corrected chi connectivity index (χ3v) is 7.31. The van der Waals surface area contributed by atoms with Crippen LogP contribution in [0.1, 0.15) is 48.9 Å². The molecule has 0 aromatic heterocycles. The summed E-state index contributed by atoms with van der Waals surface area (Å²) in [7, 11) is 3.26. The molecule has 7 heteroatoms. The van der Waals surface area contributed by atoms with E-state index in [0.29, 0.717) is 31.0 Å². The second kappa shape index (κ2) is 14.2. The lowest BCUT2D eigenvalue weighted by Gasteiger charge is -2.27. The van der Waals surface area contributed by atoms with Gasteiger partial charge in [0.25, 0.3) is 5.91 Å². The molecule has 1 saturated carbocycles. The highest BCUT2D eigenvalue weighted by atomic mass is 16.5. The fraction of sp³-hybridized carbons (Fsp3) is 0.375. The first-order chi connectivity index (χ1) is 19.1. The van der Waals surface area contributed by atoms with E-state index in [2.05, 4.69) is 16.0 Å². The molecule has 0 saturated heterocycles. The number of hydrogen-bond acceptors (Lipinski definition) is 5. The number of rotatable bonds is 12. The molecule has 206 valence electrons. The van der Waals surface area contributed by atoms with E-state index in [9.17, 15) is 9.59 Å². The zero-order valence-electron chi connectivity index (χ0n) is 22.9. The molecule has 1 aliphatic rings. The molecular formula is C32H39N3O4. The van der Waals surface area contributed by atoms with Gasteiger partial charge in [-0.15, -0.1) is 0 Å². The van der Waals surface area contributed by atoms with Crippen molar-refractivity contribution in [2.45, 2.75) is 44.6 Å². The van der Waals surface area contributed by atoms with Gasteiger partial charge < -0.3 is 25.4 Å². The molecule has 7 nitrogen and oxygen atoms in total. The molecule has 0 unspecified atom stereocenters. The summed E-state index contributed by atoms with van der Waals surface area (Å²) in [6.45, 7) is 1.02. The third kappa shape index (κ3) is 7.99. The van der Waals surface area contributed by atoms with Crippen LogP contribution >= 0.6 is 0 Å². The predicted molar refractivity (Wildman–Crippen MR) is 155 cm³/mol. The Labute approximate surface area is 231 Å². The van der Waals surface area contributed by atoms with Crippen molar-refractivity contribution >= 4 is 17.5 Å². The van der Waals surface area contributed by atoms with E-state index in [0.717, 1.165) is 41.2 Å². The fourth-order valence-corrected chi connectivity index (χ4v) is 5.17. The largest absolute Gasteiger partial charge is 0.497 e. The van der Waals surface area contributed by atoms with E-state index < -0.39 is 6.04 Å². The molecule has 1 fully saturated rings. The van der Waals surface area contributed by atoms with Crippen LogP contribution in [-0.2, 0) is 4.79 Å². The molecule has 0 aliphatic heterocycles. The fourth-order valence-electron chi connectivity index (χ4n) is 5.17. The smallest absolute Gasteiger partial charge is 0.252 e. The molecule has 4 rings (SSSR count). The van der Waals surface area contributed by atoms with Crippen LogP contribution in [-0.4, -0.2) is 45.2 Å². The van der Waals surface area contributed by atoms with E-state index in [1.54, 1.807) is 20.3 Å². The number of nitrogens with one attached hydrogen (secondary N) is 3. The summed E-state index contributed by atoms with van der Waals surface area (Å²) in [4.78, 5) is 26.9. The van der Waals surface area contributed by atoms with Crippen LogP contribution in [0.5, 0.6) is 11.5 Å². The maximum absolute atomic E-state index is 13.6. The zero-order valence-corrected chi connectivity index (χ0v) is 22.9. The molecule has 1 aliphatic carbocycles. The molecule has 2 amide bonds. The first-order valence-electron chi connectivity index (χ1n) is 13.8. The van der Waals surface area contributed by atoms with Crippen LogP contribution in [0.15, 0.2) is 72.8 Å². The number of carbonyl (C=O) groups is 2. The summed E-state index contributed by atoms with van der Waals surface area (Å²) >= 11 is 0. The molecule has 39 heavy (non-hydrogen) atoms. The molecule has 3 aromatic rings. The van der Waals surface area contributed by atoms with Gasteiger partial charge in [0, 0.05) is 24.3 Å². The van der Waals surface area contributed by atoms with Crippen LogP contribution in [0.3, 0.4) is 0 Å². The van der Waals surface area contributed by atoms with Crippen molar-refractivity contribution < 1.29 is 19.1 Å². The average Bonchev–Trinajstić information content (AvgIpc) is 2.99. The Morgan fingerprint density at radius 2 is 1.59 bits per heavy atom. The van der Waals surface area contributed by atoms with Gasteiger partial charge in [-0.25, -0.2) is 0 Å². The van der Waals surface area contributed by atoms with Crippen LogP contribution in [0.4, 0.5) is 5.69 Å². The Hall–Kier alpha value is -4.00. The van der Waals surface area contributed by atoms with Crippen LogP contribution in [0.25, 0.3) is 11.1 Å². The molecular weight excluding hydrogens is 490 g/mol. The number of hydrogen-bond donors (Lipinski definition) is 3. The topological polar surface area (TPSA) is 88.7 Å². The highest BCUT2D eigenvalue weighted by molar-refractivity contribution is 6.02. The summed E-state index contributed by atoms with van der Waals surface area (Å²) in [5, 5.41) is 9.41. The zero-order chi connectivity index (χ0) is 27.5. The van der Waals surface area contributed by atoms with Crippen LogP contribution in [0, 0.1) is 5.92 Å². The highest BCUT2D eigenvalue weighted by Crippen LogP contribution is 2.29. The maximum Gasteiger partial charge on any atom is 0.252 e. The Morgan fingerprint density at radius 1 is 0.846 bits per heavy atom. The normalized spacial score (nSPS) is 14.2. The standard InChI is InChI=1S/C32H39N3O4/c1-38-26-17-15-25(16-18-26)33-19-20-34-32(37)30(21-23-9-4-3-5-10-23)35-31(36)29-14-7-6-13-28(29)24-11-8-12-27(22-24)39-2/h6-8,11-18,22-23,30,33H,3-5,9-10,19-21H2,1-2H3,(H,34,37)(H,35,36)/t30-/m0/s1. The predicted octanol–water partition coefficient (Wildman–Crippen LogP) is 5.67.